The lowest BCUT2D eigenvalue weighted by atomic mass is 10.4. The van der Waals surface area contributed by atoms with Crippen molar-refractivity contribution in [2.75, 3.05) is 0 Å². The first-order valence-electron chi connectivity index (χ1n) is 2.20. The zero-order valence-corrected chi connectivity index (χ0v) is 6.13. The third-order valence-electron chi connectivity index (χ3n) is 0.898. The third-order valence-corrected chi connectivity index (χ3v) is 1.98. The minimum absolute atomic E-state index is 0.883. The minimum atomic E-state index is 0.883. The second-order valence-electron chi connectivity index (χ2n) is 1.48. The maximum Gasteiger partial charge on any atom is 0.173 e. The Morgan fingerprint density at radius 2 is 2.50 bits per heavy atom. The van der Waals surface area contributed by atoms with Crippen LogP contribution < -0.4 is 0 Å². The number of thiol groups is 1. The molecule has 0 aliphatic rings. The van der Waals surface area contributed by atoms with Crippen molar-refractivity contribution in [1.82, 2.24) is 0 Å². The van der Waals surface area contributed by atoms with Gasteiger partial charge in [0.25, 0.3) is 0 Å². The summed E-state index contributed by atoms with van der Waals surface area (Å²) < 4.78 is 5.00. The smallest absolute Gasteiger partial charge is 0.173 e. The Labute approximate surface area is 57.3 Å². The van der Waals surface area contributed by atoms with Crippen molar-refractivity contribution in [2.45, 2.75) is 12.0 Å². The molecule has 0 unspecified atom stereocenters. The standard InChI is InChI=1S/C5H6OS2/c1-4-2-3-6-5(4)8-7/h2-3,7H,1H3. The predicted molar refractivity (Wildman–Crippen MR) is 38.3 cm³/mol. The zero-order chi connectivity index (χ0) is 5.98. The first-order chi connectivity index (χ1) is 3.84. The number of furan rings is 1. The lowest BCUT2D eigenvalue weighted by Gasteiger charge is -1.85. The summed E-state index contributed by atoms with van der Waals surface area (Å²) in [6, 6.07) is 1.92. The first kappa shape index (κ1) is 6.11. The number of aryl methyl sites for hydroxylation is 1. The Hall–Kier alpha value is -0.0200. The van der Waals surface area contributed by atoms with E-state index in [2.05, 4.69) is 11.7 Å². The Kier molecular flexibility index (Phi) is 1.91. The van der Waals surface area contributed by atoms with Crippen molar-refractivity contribution in [3.05, 3.63) is 17.9 Å². The fraction of sp³-hybridized carbons (Fsp3) is 0.200. The molecule has 1 aromatic rings. The molecule has 0 fully saturated rings. The van der Waals surface area contributed by atoms with Crippen LogP contribution in [0.15, 0.2) is 21.8 Å². The Bertz CT molecular complexity index is 171. The molecule has 0 aliphatic heterocycles. The molecule has 0 atom stereocenters. The average Bonchev–Trinajstić information content (AvgIpc) is 2.14. The Morgan fingerprint density at radius 3 is 2.75 bits per heavy atom. The summed E-state index contributed by atoms with van der Waals surface area (Å²) >= 11 is 3.97. The number of hydrogen-bond acceptors (Lipinski definition) is 3. The van der Waals surface area contributed by atoms with Gasteiger partial charge >= 0.3 is 0 Å². The topological polar surface area (TPSA) is 13.1 Å². The molecule has 3 heteroatoms. The van der Waals surface area contributed by atoms with E-state index in [9.17, 15) is 0 Å². The lowest BCUT2D eigenvalue weighted by molar-refractivity contribution is 0.472. The number of hydrogen-bond donors (Lipinski definition) is 1. The highest BCUT2D eigenvalue weighted by atomic mass is 33.1. The molecule has 0 aliphatic carbocycles. The van der Waals surface area contributed by atoms with Crippen LogP contribution in [0.2, 0.25) is 0 Å². The van der Waals surface area contributed by atoms with E-state index in [0.717, 1.165) is 10.7 Å². The van der Waals surface area contributed by atoms with Crippen molar-refractivity contribution < 1.29 is 4.42 Å². The molecular formula is C5H6OS2. The normalized spacial score (nSPS) is 9.75. The maximum atomic E-state index is 5.00. The third kappa shape index (κ3) is 1.03. The van der Waals surface area contributed by atoms with E-state index in [1.807, 2.05) is 13.0 Å². The summed E-state index contributed by atoms with van der Waals surface area (Å²) in [7, 11) is 1.33. The molecule has 0 saturated carbocycles. The molecule has 0 amide bonds. The maximum absolute atomic E-state index is 5.00. The molecule has 0 radical (unpaired) electrons. The van der Waals surface area contributed by atoms with Crippen molar-refractivity contribution in [3.8, 4) is 0 Å². The highest BCUT2D eigenvalue weighted by Crippen LogP contribution is 2.25. The fourth-order valence-electron chi connectivity index (χ4n) is 0.452. The summed E-state index contributed by atoms with van der Waals surface area (Å²) in [5.41, 5.74) is 1.14. The van der Waals surface area contributed by atoms with Gasteiger partial charge in [0.05, 0.1) is 6.26 Å². The summed E-state index contributed by atoms with van der Waals surface area (Å²) in [6.07, 6.45) is 1.66. The molecule has 1 aromatic heterocycles. The summed E-state index contributed by atoms with van der Waals surface area (Å²) in [5.74, 6) is 0. The second-order valence-corrected chi connectivity index (χ2v) is 2.58. The SMILES string of the molecule is Cc1ccoc1SS. The molecule has 0 N–H and O–H groups in total. The van der Waals surface area contributed by atoms with E-state index in [4.69, 9.17) is 4.42 Å². The molecule has 0 spiro atoms. The summed E-state index contributed by atoms with van der Waals surface area (Å²) in [5, 5.41) is 0.883. The molecule has 1 rings (SSSR count). The van der Waals surface area contributed by atoms with Gasteiger partial charge in [-0.2, -0.15) is 0 Å². The van der Waals surface area contributed by atoms with Gasteiger partial charge in [-0.1, -0.05) is 0 Å². The van der Waals surface area contributed by atoms with Crippen molar-refractivity contribution in [3.63, 3.8) is 0 Å². The van der Waals surface area contributed by atoms with Crippen LogP contribution >= 0.6 is 22.5 Å². The molecular weight excluding hydrogens is 140 g/mol. The van der Waals surface area contributed by atoms with Crippen LogP contribution in [0.4, 0.5) is 0 Å². The van der Waals surface area contributed by atoms with Crippen molar-refractivity contribution in [1.29, 1.82) is 0 Å². The van der Waals surface area contributed by atoms with E-state index in [1.165, 1.54) is 10.8 Å². The van der Waals surface area contributed by atoms with Gasteiger partial charge in [0, 0.05) is 5.56 Å². The van der Waals surface area contributed by atoms with Gasteiger partial charge in [0.1, 0.15) is 0 Å². The van der Waals surface area contributed by atoms with Crippen LogP contribution in [0.25, 0.3) is 0 Å². The molecule has 0 aromatic carbocycles. The van der Waals surface area contributed by atoms with Gasteiger partial charge in [-0.05, 0) is 23.8 Å². The van der Waals surface area contributed by atoms with E-state index in [1.54, 1.807) is 6.26 Å². The largest absolute Gasteiger partial charge is 0.457 e. The van der Waals surface area contributed by atoms with Gasteiger partial charge in [-0.15, -0.1) is 11.7 Å². The Morgan fingerprint density at radius 1 is 1.75 bits per heavy atom. The van der Waals surface area contributed by atoms with E-state index in [-0.39, 0.29) is 0 Å². The number of rotatable bonds is 1. The summed E-state index contributed by atoms with van der Waals surface area (Å²) in [6.45, 7) is 1.99. The van der Waals surface area contributed by atoms with Crippen molar-refractivity contribution in [2.24, 2.45) is 0 Å². The quantitative estimate of drug-likeness (QED) is 0.483. The van der Waals surface area contributed by atoms with Crippen LogP contribution in [0.5, 0.6) is 0 Å². The Balaban J connectivity index is 2.92. The van der Waals surface area contributed by atoms with E-state index < -0.39 is 0 Å². The molecule has 8 heavy (non-hydrogen) atoms. The van der Waals surface area contributed by atoms with Gasteiger partial charge < -0.3 is 4.42 Å². The molecule has 0 bridgehead atoms. The van der Waals surface area contributed by atoms with Gasteiger partial charge in [0.2, 0.25) is 0 Å². The monoisotopic (exact) mass is 146 g/mol. The highest BCUT2D eigenvalue weighted by Gasteiger charge is 1.96. The molecule has 1 heterocycles. The predicted octanol–water partition coefficient (Wildman–Crippen LogP) is 2.52. The van der Waals surface area contributed by atoms with Gasteiger partial charge in [-0.3, -0.25) is 0 Å². The van der Waals surface area contributed by atoms with Gasteiger partial charge in [-0.25, -0.2) is 0 Å². The molecule has 0 saturated heterocycles. The fourth-order valence-corrected chi connectivity index (χ4v) is 1.32. The van der Waals surface area contributed by atoms with E-state index >= 15 is 0 Å². The second kappa shape index (κ2) is 2.51. The van der Waals surface area contributed by atoms with Gasteiger partial charge in [0.15, 0.2) is 5.09 Å². The van der Waals surface area contributed by atoms with Crippen LogP contribution in [-0.4, -0.2) is 0 Å². The van der Waals surface area contributed by atoms with Crippen LogP contribution in [0.3, 0.4) is 0 Å². The molecule has 44 valence electrons. The average molecular weight is 146 g/mol. The van der Waals surface area contributed by atoms with Crippen LogP contribution in [0.1, 0.15) is 5.56 Å². The van der Waals surface area contributed by atoms with Crippen LogP contribution in [-0.2, 0) is 0 Å². The minimum Gasteiger partial charge on any atom is -0.457 e. The summed E-state index contributed by atoms with van der Waals surface area (Å²) in [4.78, 5) is 0. The highest BCUT2D eigenvalue weighted by molar-refractivity contribution is 8.68. The van der Waals surface area contributed by atoms with Crippen LogP contribution in [0, 0.1) is 6.92 Å². The first-order valence-corrected chi connectivity index (χ1v) is 4.07. The zero-order valence-electron chi connectivity index (χ0n) is 4.42. The van der Waals surface area contributed by atoms with Crippen molar-refractivity contribution >= 4 is 22.5 Å². The van der Waals surface area contributed by atoms with E-state index in [0.29, 0.717) is 0 Å². The molecule has 1 nitrogen and oxygen atoms in total. The lowest BCUT2D eigenvalue weighted by Crippen LogP contribution is -1.60.